The van der Waals surface area contributed by atoms with Gasteiger partial charge in [-0.1, -0.05) is 71.4 Å². The van der Waals surface area contributed by atoms with Crippen molar-refractivity contribution in [2.24, 2.45) is 11.3 Å². The Morgan fingerprint density at radius 1 is 1.10 bits per heavy atom. The smallest absolute Gasteiger partial charge is 0.00384 e. The summed E-state index contributed by atoms with van der Waals surface area (Å²) >= 11 is 0. The Morgan fingerprint density at radius 2 is 1.75 bits per heavy atom. The third kappa shape index (κ3) is 4.63. The molecule has 0 N–H and O–H groups in total. The van der Waals surface area contributed by atoms with Gasteiger partial charge >= 0.3 is 0 Å². The van der Waals surface area contributed by atoms with E-state index in [0.29, 0.717) is 5.41 Å². The van der Waals surface area contributed by atoms with Gasteiger partial charge < -0.3 is 4.90 Å². The Bertz CT molecular complexity index is 359. The van der Waals surface area contributed by atoms with E-state index in [0.717, 1.165) is 12.3 Å². The largest absolute Gasteiger partial charge is 0.303 e. The summed E-state index contributed by atoms with van der Waals surface area (Å²) in [5.41, 5.74) is 2.01. The van der Waals surface area contributed by atoms with Gasteiger partial charge in [0.25, 0.3) is 0 Å². The number of likely N-dealkylation sites (tertiary alicyclic amines) is 1. The molecule has 0 spiro atoms. The van der Waals surface area contributed by atoms with Gasteiger partial charge in [-0.25, -0.2) is 0 Å². The van der Waals surface area contributed by atoms with Crippen molar-refractivity contribution in [1.29, 1.82) is 0 Å². The molecule has 1 heterocycles. The average Bonchev–Trinajstić information content (AvgIpc) is 2.85. The summed E-state index contributed by atoms with van der Waals surface area (Å²) in [4.78, 5) is 2.59. The van der Waals surface area contributed by atoms with Gasteiger partial charge in [0.1, 0.15) is 0 Å². The quantitative estimate of drug-likeness (QED) is 0.746. The SMILES string of the molecule is CC[C@@H]1CN(CC)C[C@]1(C)CC.CCc1ccccc1. The average molecular weight is 275 g/mol. The van der Waals surface area contributed by atoms with E-state index in [2.05, 4.69) is 63.8 Å². The van der Waals surface area contributed by atoms with Crippen LogP contribution in [0.2, 0.25) is 0 Å². The van der Waals surface area contributed by atoms with E-state index in [1.54, 1.807) is 0 Å². The predicted octanol–water partition coefficient (Wildman–Crippen LogP) is 5.01. The Morgan fingerprint density at radius 3 is 2.10 bits per heavy atom. The van der Waals surface area contributed by atoms with Crippen LogP contribution in [0.4, 0.5) is 0 Å². The summed E-state index contributed by atoms with van der Waals surface area (Å²) < 4.78 is 0. The maximum atomic E-state index is 2.59. The van der Waals surface area contributed by atoms with E-state index in [4.69, 9.17) is 0 Å². The van der Waals surface area contributed by atoms with Crippen LogP contribution in [0.5, 0.6) is 0 Å². The second kappa shape index (κ2) is 8.46. The van der Waals surface area contributed by atoms with E-state index in [-0.39, 0.29) is 0 Å². The fourth-order valence-corrected chi connectivity index (χ4v) is 3.21. The van der Waals surface area contributed by atoms with Gasteiger partial charge in [-0.3, -0.25) is 0 Å². The van der Waals surface area contributed by atoms with Crippen LogP contribution in [0.25, 0.3) is 0 Å². The maximum Gasteiger partial charge on any atom is 0.00384 e. The monoisotopic (exact) mass is 275 g/mol. The molecular formula is C19H33N. The first-order valence-electron chi connectivity index (χ1n) is 8.35. The standard InChI is InChI=1S/C11H23N.C8H10/c1-5-10-8-12(7-3)9-11(10,4)6-2;1-2-8-6-4-3-5-7-8/h10H,5-9H2,1-4H3;3-7H,2H2,1H3/t10-,11+;/m1./s1. The molecule has 1 heteroatoms. The first-order chi connectivity index (χ1) is 9.59. The van der Waals surface area contributed by atoms with Crippen molar-refractivity contribution >= 4 is 0 Å². The zero-order chi connectivity index (χ0) is 15.0. The van der Waals surface area contributed by atoms with Gasteiger partial charge in [-0.2, -0.15) is 0 Å². The number of aryl methyl sites for hydroxylation is 1. The number of nitrogens with zero attached hydrogens (tertiary/aromatic N) is 1. The van der Waals surface area contributed by atoms with Crippen LogP contribution >= 0.6 is 0 Å². The number of hydrogen-bond acceptors (Lipinski definition) is 1. The summed E-state index contributed by atoms with van der Waals surface area (Å²) in [5.74, 6) is 0.933. The fraction of sp³-hybridized carbons (Fsp3) is 0.684. The first kappa shape index (κ1) is 17.2. The lowest BCUT2D eigenvalue weighted by Gasteiger charge is -2.28. The summed E-state index contributed by atoms with van der Waals surface area (Å²) in [6, 6.07) is 10.5. The fourth-order valence-electron chi connectivity index (χ4n) is 3.21. The molecule has 1 aliphatic rings. The van der Waals surface area contributed by atoms with Gasteiger partial charge in [0, 0.05) is 13.1 Å². The molecule has 1 aromatic rings. The zero-order valence-corrected chi connectivity index (χ0v) is 14.2. The predicted molar refractivity (Wildman–Crippen MR) is 90.1 cm³/mol. The molecule has 0 aliphatic carbocycles. The molecule has 20 heavy (non-hydrogen) atoms. The van der Waals surface area contributed by atoms with Crippen molar-refractivity contribution in [2.45, 2.75) is 53.9 Å². The molecule has 0 saturated carbocycles. The summed E-state index contributed by atoms with van der Waals surface area (Å²) in [5, 5.41) is 0. The summed E-state index contributed by atoms with van der Waals surface area (Å²) in [7, 11) is 0. The zero-order valence-electron chi connectivity index (χ0n) is 14.2. The van der Waals surface area contributed by atoms with Gasteiger partial charge in [0.05, 0.1) is 0 Å². The van der Waals surface area contributed by atoms with Crippen LogP contribution in [0.1, 0.15) is 53.0 Å². The van der Waals surface area contributed by atoms with E-state index in [9.17, 15) is 0 Å². The molecule has 1 fully saturated rings. The van der Waals surface area contributed by atoms with Crippen LogP contribution in [0.3, 0.4) is 0 Å². The molecule has 0 amide bonds. The van der Waals surface area contributed by atoms with Crippen molar-refractivity contribution in [3.63, 3.8) is 0 Å². The van der Waals surface area contributed by atoms with Crippen molar-refractivity contribution in [1.82, 2.24) is 4.90 Å². The minimum atomic E-state index is 0.602. The topological polar surface area (TPSA) is 3.24 Å². The van der Waals surface area contributed by atoms with E-state index in [1.165, 1.54) is 38.0 Å². The molecule has 2 rings (SSSR count). The summed E-state index contributed by atoms with van der Waals surface area (Å²) in [6.45, 7) is 15.4. The highest BCUT2D eigenvalue weighted by Gasteiger charge is 2.39. The van der Waals surface area contributed by atoms with E-state index >= 15 is 0 Å². The maximum absolute atomic E-state index is 2.59. The number of rotatable bonds is 4. The Balaban J connectivity index is 0.000000217. The van der Waals surface area contributed by atoms with E-state index < -0.39 is 0 Å². The lowest BCUT2D eigenvalue weighted by atomic mass is 9.76. The van der Waals surface area contributed by atoms with Crippen LogP contribution in [-0.4, -0.2) is 24.5 Å². The molecule has 114 valence electrons. The molecular weight excluding hydrogens is 242 g/mol. The lowest BCUT2D eigenvalue weighted by Crippen LogP contribution is -2.26. The molecule has 1 aliphatic heterocycles. The molecule has 0 bridgehead atoms. The van der Waals surface area contributed by atoms with Crippen molar-refractivity contribution in [3.8, 4) is 0 Å². The Hall–Kier alpha value is -0.820. The third-order valence-electron chi connectivity index (χ3n) is 5.05. The normalized spacial score (nSPS) is 26.1. The van der Waals surface area contributed by atoms with Crippen LogP contribution < -0.4 is 0 Å². The number of hydrogen-bond donors (Lipinski definition) is 0. The highest BCUT2D eigenvalue weighted by molar-refractivity contribution is 5.13. The molecule has 1 nitrogen and oxygen atoms in total. The molecule has 0 radical (unpaired) electrons. The second-order valence-corrected chi connectivity index (χ2v) is 6.28. The van der Waals surface area contributed by atoms with Gasteiger partial charge in [0.2, 0.25) is 0 Å². The summed E-state index contributed by atoms with van der Waals surface area (Å²) in [6.07, 6.45) is 3.82. The Kier molecular flexibility index (Phi) is 7.29. The van der Waals surface area contributed by atoms with Gasteiger partial charge in [-0.05, 0) is 36.3 Å². The first-order valence-corrected chi connectivity index (χ1v) is 8.35. The molecule has 0 unspecified atom stereocenters. The lowest BCUT2D eigenvalue weighted by molar-refractivity contribution is 0.230. The Labute approximate surface area is 126 Å². The minimum absolute atomic E-state index is 0.602. The third-order valence-corrected chi connectivity index (χ3v) is 5.05. The van der Waals surface area contributed by atoms with Crippen LogP contribution in [-0.2, 0) is 6.42 Å². The highest BCUT2D eigenvalue weighted by atomic mass is 15.2. The van der Waals surface area contributed by atoms with Gasteiger partial charge in [-0.15, -0.1) is 0 Å². The number of benzene rings is 1. The van der Waals surface area contributed by atoms with E-state index in [1.807, 2.05) is 6.07 Å². The highest BCUT2D eigenvalue weighted by Crippen LogP contribution is 2.40. The van der Waals surface area contributed by atoms with Crippen molar-refractivity contribution in [3.05, 3.63) is 35.9 Å². The molecule has 0 aromatic heterocycles. The molecule has 1 saturated heterocycles. The molecule has 2 atom stereocenters. The second-order valence-electron chi connectivity index (χ2n) is 6.28. The van der Waals surface area contributed by atoms with Crippen molar-refractivity contribution in [2.75, 3.05) is 19.6 Å². The minimum Gasteiger partial charge on any atom is -0.303 e. The van der Waals surface area contributed by atoms with Crippen LogP contribution in [0, 0.1) is 11.3 Å². The van der Waals surface area contributed by atoms with Crippen LogP contribution in [0.15, 0.2) is 30.3 Å². The molecule has 1 aromatic carbocycles. The van der Waals surface area contributed by atoms with Crippen molar-refractivity contribution < 1.29 is 0 Å². The van der Waals surface area contributed by atoms with Gasteiger partial charge in [0.15, 0.2) is 0 Å².